The zero-order valence-electron chi connectivity index (χ0n) is 23.2. The van der Waals surface area contributed by atoms with E-state index in [1.165, 1.54) is 27.6 Å². The van der Waals surface area contributed by atoms with Crippen molar-refractivity contribution in [2.75, 3.05) is 5.32 Å². The lowest BCUT2D eigenvalue weighted by Crippen LogP contribution is -2.49. The highest BCUT2D eigenvalue weighted by Gasteiger charge is 2.63. The lowest BCUT2D eigenvalue weighted by Gasteiger charge is -2.52. The number of aromatic nitrogens is 2. The summed E-state index contributed by atoms with van der Waals surface area (Å²) >= 11 is 0. The van der Waals surface area contributed by atoms with Crippen molar-refractivity contribution >= 4 is 22.6 Å². The molecule has 0 bridgehead atoms. The molecule has 1 aromatic heterocycles. The number of carbonyl (C=O) groups is 1. The monoisotopic (exact) mass is 513 g/mol. The van der Waals surface area contributed by atoms with Crippen LogP contribution in [-0.4, -0.2) is 15.9 Å². The van der Waals surface area contributed by atoms with Crippen LogP contribution < -0.4 is 5.32 Å². The number of rotatable bonds is 4. The molecule has 0 aliphatic heterocycles. The van der Waals surface area contributed by atoms with Crippen LogP contribution >= 0.6 is 0 Å². The summed E-state index contributed by atoms with van der Waals surface area (Å²) in [6.45, 7) is 10.5. The van der Waals surface area contributed by atoms with Gasteiger partial charge in [-0.1, -0.05) is 126 Å². The van der Waals surface area contributed by atoms with E-state index in [-0.39, 0.29) is 17.2 Å². The number of carbonyl (C=O) groups excluding carboxylic acids is 1. The topological polar surface area (TPSA) is 57.8 Å². The normalized spacial score (nSPS) is 20.6. The van der Waals surface area contributed by atoms with Gasteiger partial charge in [-0.2, -0.15) is 0 Å². The number of hydrogen-bond donors (Lipinski definition) is 2. The number of amides is 1. The van der Waals surface area contributed by atoms with E-state index >= 15 is 0 Å². The molecule has 196 valence electrons. The molecule has 1 amide bonds. The summed E-state index contributed by atoms with van der Waals surface area (Å²) in [5.41, 5.74) is 6.54. The Hall–Kier alpha value is -4.18. The maximum atomic E-state index is 13.9. The quantitative estimate of drug-likeness (QED) is 0.253. The lowest BCUT2D eigenvalue weighted by molar-refractivity contribution is -0.126. The van der Waals surface area contributed by atoms with E-state index in [1.807, 2.05) is 32.0 Å². The molecule has 7 rings (SSSR count). The molecule has 3 atom stereocenters. The van der Waals surface area contributed by atoms with Crippen LogP contribution in [0.15, 0.2) is 97.2 Å². The van der Waals surface area contributed by atoms with Gasteiger partial charge < -0.3 is 4.98 Å². The maximum Gasteiger partial charge on any atom is 0.232 e. The number of aromatic amines is 1. The Morgan fingerprint density at radius 2 is 1.49 bits per heavy atom. The van der Waals surface area contributed by atoms with Crippen molar-refractivity contribution in [2.24, 2.45) is 5.41 Å². The second-order valence-electron chi connectivity index (χ2n) is 11.2. The van der Waals surface area contributed by atoms with Gasteiger partial charge in [0, 0.05) is 22.8 Å². The van der Waals surface area contributed by atoms with Crippen LogP contribution in [0.2, 0.25) is 0 Å². The highest BCUT2D eigenvalue weighted by Crippen LogP contribution is 2.70. The molecule has 2 aliphatic rings. The van der Waals surface area contributed by atoms with Crippen molar-refractivity contribution < 1.29 is 4.79 Å². The fourth-order valence-corrected chi connectivity index (χ4v) is 7.33. The van der Waals surface area contributed by atoms with E-state index in [1.54, 1.807) is 6.20 Å². The maximum absolute atomic E-state index is 13.9. The summed E-state index contributed by atoms with van der Waals surface area (Å²) in [5.74, 6) is 0.808. The number of fused-ring (bicyclic) bond motifs is 7. The van der Waals surface area contributed by atoms with Crippen LogP contribution in [0.4, 0.5) is 5.95 Å². The van der Waals surface area contributed by atoms with Gasteiger partial charge in [-0.05, 0) is 33.0 Å². The van der Waals surface area contributed by atoms with Gasteiger partial charge >= 0.3 is 0 Å². The van der Waals surface area contributed by atoms with Crippen LogP contribution in [0, 0.1) is 5.41 Å². The highest BCUT2D eigenvalue weighted by molar-refractivity contribution is 5.97. The zero-order valence-corrected chi connectivity index (χ0v) is 23.2. The minimum absolute atomic E-state index is 0.0302. The van der Waals surface area contributed by atoms with Gasteiger partial charge in [-0.15, -0.1) is 0 Å². The number of nitrogens with zero attached hydrogens (tertiary/aromatic N) is 1. The lowest BCUT2D eigenvalue weighted by atomic mass is 9.50. The number of imidazole rings is 1. The number of benzene rings is 4. The standard InChI is InChI=1S/C33H29N3O.C2H6/c1-32(2,29-24-15-7-6-14-23(24)28-25-16-8-9-18-26(25)33(28,29)3)30(37)36-31-34-19-27(35-31)22-17-10-12-20-11-4-5-13-21(20)22;1-2/h4-19,28-29H,1-3H3,(H2,34,35,36,37);1-2H3. The van der Waals surface area contributed by atoms with Crippen molar-refractivity contribution in [3.8, 4) is 11.3 Å². The highest BCUT2D eigenvalue weighted by atomic mass is 16.2. The van der Waals surface area contributed by atoms with Crippen LogP contribution in [0.25, 0.3) is 22.0 Å². The molecule has 5 aromatic rings. The van der Waals surface area contributed by atoms with Gasteiger partial charge in [0.15, 0.2) is 0 Å². The molecule has 2 N–H and O–H groups in total. The first-order chi connectivity index (χ1) is 18.9. The Balaban J connectivity index is 0.00000135. The molecule has 4 heteroatoms. The fourth-order valence-electron chi connectivity index (χ4n) is 7.33. The Bertz CT molecular complexity index is 1690. The van der Waals surface area contributed by atoms with Crippen molar-refractivity contribution in [1.29, 1.82) is 0 Å². The molecule has 3 unspecified atom stereocenters. The van der Waals surface area contributed by atoms with Crippen molar-refractivity contribution in [1.82, 2.24) is 9.97 Å². The van der Waals surface area contributed by atoms with E-state index < -0.39 is 5.41 Å². The second kappa shape index (κ2) is 9.23. The van der Waals surface area contributed by atoms with Crippen LogP contribution in [-0.2, 0) is 10.2 Å². The first-order valence-corrected chi connectivity index (χ1v) is 13.9. The average molecular weight is 514 g/mol. The summed E-state index contributed by atoms with van der Waals surface area (Å²) in [5, 5.41) is 5.44. The zero-order chi connectivity index (χ0) is 27.4. The molecular formula is C35H35N3O. The van der Waals surface area contributed by atoms with Crippen LogP contribution in [0.5, 0.6) is 0 Å². The third-order valence-electron chi connectivity index (χ3n) is 8.86. The number of nitrogens with one attached hydrogen (secondary N) is 2. The van der Waals surface area contributed by atoms with Crippen molar-refractivity contribution in [2.45, 2.75) is 51.9 Å². The molecule has 4 nitrogen and oxygen atoms in total. The molecule has 0 saturated carbocycles. The Labute approximate surface area is 230 Å². The first-order valence-electron chi connectivity index (χ1n) is 13.9. The summed E-state index contributed by atoms with van der Waals surface area (Å²) in [6, 6.07) is 31.9. The molecule has 2 aliphatic carbocycles. The number of H-pyrrole nitrogens is 1. The van der Waals surface area contributed by atoms with Gasteiger partial charge in [0.25, 0.3) is 0 Å². The van der Waals surface area contributed by atoms with Gasteiger partial charge in [-0.3, -0.25) is 10.1 Å². The Morgan fingerprint density at radius 3 is 2.28 bits per heavy atom. The predicted molar refractivity (Wildman–Crippen MR) is 160 cm³/mol. The molecule has 0 fully saturated rings. The Morgan fingerprint density at radius 1 is 0.846 bits per heavy atom. The predicted octanol–water partition coefficient (Wildman–Crippen LogP) is 8.42. The summed E-state index contributed by atoms with van der Waals surface area (Å²) in [4.78, 5) is 21.8. The minimum Gasteiger partial charge on any atom is -0.324 e. The van der Waals surface area contributed by atoms with E-state index in [4.69, 9.17) is 0 Å². The largest absolute Gasteiger partial charge is 0.324 e. The molecule has 4 aromatic carbocycles. The molecule has 0 saturated heterocycles. The minimum atomic E-state index is -0.667. The van der Waals surface area contributed by atoms with Gasteiger partial charge in [0.2, 0.25) is 11.9 Å². The molecule has 1 heterocycles. The first kappa shape index (κ1) is 25.1. The second-order valence-corrected chi connectivity index (χ2v) is 11.2. The fraction of sp³-hybridized carbons (Fsp3) is 0.257. The number of hydrogen-bond acceptors (Lipinski definition) is 2. The summed E-state index contributed by atoms with van der Waals surface area (Å²) in [7, 11) is 0. The van der Waals surface area contributed by atoms with Crippen LogP contribution in [0.3, 0.4) is 0 Å². The van der Waals surface area contributed by atoms with E-state index in [9.17, 15) is 4.79 Å². The average Bonchev–Trinajstić information content (AvgIpc) is 3.51. The van der Waals surface area contributed by atoms with E-state index in [2.05, 4.69) is 109 Å². The molecule has 0 spiro atoms. The van der Waals surface area contributed by atoms with Crippen molar-refractivity contribution in [3.63, 3.8) is 0 Å². The number of anilines is 1. The molecule has 0 radical (unpaired) electrons. The molecular weight excluding hydrogens is 478 g/mol. The van der Waals surface area contributed by atoms with Crippen molar-refractivity contribution in [3.05, 3.63) is 119 Å². The third-order valence-corrected chi connectivity index (χ3v) is 8.86. The Kier molecular flexibility index (Phi) is 5.95. The van der Waals surface area contributed by atoms with Gasteiger partial charge in [0.1, 0.15) is 0 Å². The van der Waals surface area contributed by atoms with E-state index in [0.29, 0.717) is 11.9 Å². The van der Waals surface area contributed by atoms with Gasteiger partial charge in [-0.25, -0.2) is 4.98 Å². The summed E-state index contributed by atoms with van der Waals surface area (Å²) < 4.78 is 0. The molecule has 39 heavy (non-hydrogen) atoms. The smallest absolute Gasteiger partial charge is 0.232 e. The van der Waals surface area contributed by atoms with Crippen LogP contribution in [0.1, 0.15) is 68.7 Å². The third kappa shape index (κ3) is 3.58. The SMILES string of the molecule is CC.CC(C)(C(=O)Nc1ncc(-c2cccc3ccccc23)[nH]1)C1c2ccccc2C2c3ccccc3C21C. The van der Waals surface area contributed by atoms with Gasteiger partial charge in [0.05, 0.1) is 17.3 Å². The summed E-state index contributed by atoms with van der Waals surface area (Å²) in [6.07, 6.45) is 1.80. The van der Waals surface area contributed by atoms with E-state index in [0.717, 1.165) is 16.6 Å².